The van der Waals surface area contributed by atoms with Crippen LogP contribution >= 0.6 is 11.6 Å². The normalized spacial score (nSPS) is 16.3. The van der Waals surface area contributed by atoms with E-state index in [2.05, 4.69) is 15.3 Å². The maximum atomic E-state index is 12.5. The monoisotopic (exact) mass is 369 g/mol. The Morgan fingerprint density at radius 3 is 2.85 bits per heavy atom. The number of rotatable bonds is 3. The number of halogens is 1. The number of H-pyrrole nitrogens is 1. The summed E-state index contributed by atoms with van der Waals surface area (Å²) in [5, 5.41) is 13.7. The molecule has 1 aliphatic rings. The summed E-state index contributed by atoms with van der Waals surface area (Å²) in [5.41, 5.74) is 3.44. The molecule has 1 amide bonds. The van der Waals surface area contributed by atoms with Gasteiger partial charge < -0.3 is 15.4 Å². The van der Waals surface area contributed by atoms with Gasteiger partial charge in [0.15, 0.2) is 0 Å². The number of aryl methyl sites for hydroxylation is 1. The topological polar surface area (TPSA) is 95.1 Å². The minimum atomic E-state index is -1.07. The molecule has 1 aliphatic carbocycles. The van der Waals surface area contributed by atoms with E-state index in [-0.39, 0.29) is 23.2 Å². The quantitative estimate of drug-likeness (QED) is 0.655. The van der Waals surface area contributed by atoms with Crippen molar-refractivity contribution >= 4 is 34.4 Å². The first kappa shape index (κ1) is 16.6. The third-order valence-corrected chi connectivity index (χ3v) is 4.95. The zero-order valence-corrected chi connectivity index (χ0v) is 14.5. The van der Waals surface area contributed by atoms with E-state index >= 15 is 0 Å². The highest BCUT2D eigenvalue weighted by Crippen LogP contribution is 2.35. The summed E-state index contributed by atoms with van der Waals surface area (Å²) in [6, 6.07) is 8.39. The molecule has 0 spiro atoms. The van der Waals surface area contributed by atoms with Gasteiger partial charge in [0.1, 0.15) is 5.69 Å². The predicted octanol–water partition coefficient (Wildman–Crippen LogP) is 3.72. The van der Waals surface area contributed by atoms with Gasteiger partial charge in [-0.3, -0.25) is 9.78 Å². The molecule has 132 valence electrons. The Hall–Kier alpha value is -2.86. The number of nitrogens with zero attached hydrogens (tertiary/aromatic N) is 1. The number of nitrogens with one attached hydrogen (secondary N) is 2. The number of carbonyl (C=O) groups is 2. The van der Waals surface area contributed by atoms with Crippen molar-refractivity contribution in [2.45, 2.75) is 25.3 Å². The number of pyridine rings is 1. The average Bonchev–Trinajstić information content (AvgIpc) is 3.01. The van der Waals surface area contributed by atoms with Gasteiger partial charge in [-0.2, -0.15) is 0 Å². The molecule has 0 radical (unpaired) electrons. The largest absolute Gasteiger partial charge is 0.478 e. The molecule has 6 nitrogen and oxygen atoms in total. The lowest BCUT2D eigenvalue weighted by molar-refractivity contribution is 0.0695. The highest BCUT2D eigenvalue weighted by Gasteiger charge is 2.26. The first-order chi connectivity index (χ1) is 12.5. The van der Waals surface area contributed by atoms with Gasteiger partial charge in [0.05, 0.1) is 11.6 Å². The first-order valence-corrected chi connectivity index (χ1v) is 8.71. The van der Waals surface area contributed by atoms with Gasteiger partial charge in [0.25, 0.3) is 5.91 Å². The van der Waals surface area contributed by atoms with Crippen molar-refractivity contribution in [2.75, 3.05) is 0 Å². The molecule has 2 heterocycles. The van der Waals surface area contributed by atoms with Crippen LogP contribution in [0.3, 0.4) is 0 Å². The molecule has 0 saturated heterocycles. The average molecular weight is 370 g/mol. The van der Waals surface area contributed by atoms with Crippen LogP contribution in [-0.4, -0.2) is 27.0 Å². The number of aromatic amines is 1. The molecule has 1 atom stereocenters. The number of aromatic carboxylic acids is 1. The third kappa shape index (κ3) is 2.93. The molecule has 0 saturated carbocycles. The maximum Gasteiger partial charge on any atom is 0.337 e. The van der Waals surface area contributed by atoms with Crippen LogP contribution in [0.25, 0.3) is 10.9 Å². The Labute approximate surface area is 154 Å². The second-order valence-electron chi connectivity index (χ2n) is 6.36. The smallest absolute Gasteiger partial charge is 0.337 e. The van der Waals surface area contributed by atoms with Crippen LogP contribution in [-0.2, 0) is 6.42 Å². The van der Waals surface area contributed by atoms with Crippen LogP contribution in [0.1, 0.15) is 51.0 Å². The number of amides is 1. The maximum absolute atomic E-state index is 12.5. The van der Waals surface area contributed by atoms with E-state index in [0.29, 0.717) is 5.02 Å². The second-order valence-corrected chi connectivity index (χ2v) is 6.80. The summed E-state index contributed by atoms with van der Waals surface area (Å²) in [7, 11) is 0. The standard InChI is InChI=1S/C19H16ClN3O3/c20-11-5-7-14-13(8-11)12-2-1-3-15(17(12)22-14)23-18(24)16-6-4-10(9-21-16)19(25)26/h4-9,15,22H,1-3H2,(H,23,24)(H,25,26). The summed E-state index contributed by atoms with van der Waals surface area (Å²) in [6.45, 7) is 0. The Balaban J connectivity index is 1.61. The molecule has 2 aromatic heterocycles. The summed E-state index contributed by atoms with van der Waals surface area (Å²) >= 11 is 6.12. The van der Waals surface area contributed by atoms with E-state index in [4.69, 9.17) is 16.7 Å². The molecular weight excluding hydrogens is 354 g/mol. The molecule has 0 fully saturated rings. The van der Waals surface area contributed by atoms with Crippen molar-refractivity contribution in [3.8, 4) is 0 Å². The molecule has 3 N–H and O–H groups in total. The number of fused-ring (bicyclic) bond motifs is 3. The Bertz CT molecular complexity index is 1010. The van der Waals surface area contributed by atoms with Crippen LogP contribution in [0.2, 0.25) is 5.02 Å². The van der Waals surface area contributed by atoms with E-state index in [1.807, 2.05) is 18.2 Å². The van der Waals surface area contributed by atoms with Gasteiger partial charge >= 0.3 is 5.97 Å². The summed E-state index contributed by atoms with van der Waals surface area (Å²) in [4.78, 5) is 30.8. The lowest BCUT2D eigenvalue weighted by Crippen LogP contribution is -2.31. The van der Waals surface area contributed by atoms with E-state index in [1.165, 1.54) is 23.9 Å². The molecule has 0 aliphatic heterocycles. The van der Waals surface area contributed by atoms with Crippen molar-refractivity contribution in [2.24, 2.45) is 0 Å². The third-order valence-electron chi connectivity index (χ3n) is 4.72. The minimum Gasteiger partial charge on any atom is -0.478 e. The zero-order valence-electron chi connectivity index (χ0n) is 13.8. The van der Waals surface area contributed by atoms with Gasteiger partial charge in [-0.1, -0.05) is 11.6 Å². The highest BCUT2D eigenvalue weighted by atomic mass is 35.5. The summed E-state index contributed by atoms with van der Waals surface area (Å²) in [5.74, 6) is -1.39. The number of carboxylic acids is 1. The number of hydrogen-bond donors (Lipinski definition) is 3. The van der Waals surface area contributed by atoms with Gasteiger partial charge in [0.2, 0.25) is 0 Å². The van der Waals surface area contributed by atoms with Crippen molar-refractivity contribution in [3.63, 3.8) is 0 Å². The molecule has 0 bridgehead atoms. The zero-order chi connectivity index (χ0) is 18.3. The van der Waals surface area contributed by atoms with E-state index in [9.17, 15) is 9.59 Å². The molecular formula is C19H16ClN3O3. The predicted molar refractivity (Wildman–Crippen MR) is 97.7 cm³/mol. The van der Waals surface area contributed by atoms with Crippen LogP contribution in [0.4, 0.5) is 0 Å². The van der Waals surface area contributed by atoms with E-state index in [1.54, 1.807) is 0 Å². The van der Waals surface area contributed by atoms with Crippen molar-refractivity contribution in [1.29, 1.82) is 0 Å². The fourth-order valence-corrected chi connectivity index (χ4v) is 3.64. The second kappa shape index (κ2) is 6.46. The fourth-order valence-electron chi connectivity index (χ4n) is 3.47. The van der Waals surface area contributed by atoms with Gasteiger partial charge in [-0.25, -0.2) is 4.79 Å². The molecule has 1 aromatic carbocycles. The number of hydrogen-bond acceptors (Lipinski definition) is 3. The molecule has 4 rings (SSSR count). The van der Waals surface area contributed by atoms with Gasteiger partial charge in [0, 0.05) is 27.8 Å². The fraction of sp³-hybridized carbons (Fsp3) is 0.211. The Kier molecular flexibility index (Phi) is 4.12. The SMILES string of the molecule is O=C(O)c1ccc(C(=O)NC2CCCc3c2[nH]c2ccc(Cl)cc32)nc1. The van der Waals surface area contributed by atoms with Gasteiger partial charge in [-0.15, -0.1) is 0 Å². The van der Waals surface area contributed by atoms with E-state index in [0.717, 1.165) is 35.9 Å². The summed E-state index contributed by atoms with van der Waals surface area (Å²) in [6.07, 6.45) is 3.91. The van der Waals surface area contributed by atoms with Crippen LogP contribution in [0.5, 0.6) is 0 Å². The van der Waals surface area contributed by atoms with Crippen LogP contribution in [0, 0.1) is 0 Å². The van der Waals surface area contributed by atoms with Gasteiger partial charge in [-0.05, 0) is 55.2 Å². The number of carboxylic acid groups (broad SMARTS) is 1. The Morgan fingerprint density at radius 1 is 1.27 bits per heavy atom. The van der Waals surface area contributed by atoms with Crippen LogP contribution < -0.4 is 5.32 Å². The minimum absolute atomic E-state index is 0.0500. The van der Waals surface area contributed by atoms with Crippen molar-refractivity contribution < 1.29 is 14.7 Å². The highest BCUT2D eigenvalue weighted by molar-refractivity contribution is 6.31. The number of carbonyl (C=O) groups excluding carboxylic acids is 1. The Morgan fingerprint density at radius 2 is 2.12 bits per heavy atom. The summed E-state index contributed by atoms with van der Waals surface area (Å²) < 4.78 is 0. The van der Waals surface area contributed by atoms with Crippen LogP contribution in [0.15, 0.2) is 36.5 Å². The molecule has 3 aromatic rings. The number of benzene rings is 1. The molecule has 1 unspecified atom stereocenters. The first-order valence-electron chi connectivity index (χ1n) is 8.33. The number of aromatic nitrogens is 2. The molecule has 7 heteroatoms. The van der Waals surface area contributed by atoms with Crippen molar-refractivity contribution in [1.82, 2.24) is 15.3 Å². The lowest BCUT2D eigenvalue weighted by Gasteiger charge is -2.23. The van der Waals surface area contributed by atoms with Crippen molar-refractivity contribution in [3.05, 3.63) is 64.1 Å². The van der Waals surface area contributed by atoms with E-state index < -0.39 is 5.97 Å². The lowest BCUT2D eigenvalue weighted by atomic mass is 9.91. The molecule has 26 heavy (non-hydrogen) atoms.